The maximum Gasteiger partial charge on any atom is 0.511 e. The Morgan fingerprint density at radius 2 is 1.88 bits per heavy atom. The number of benzene rings is 1. The fourth-order valence-corrected chi connectivity index (χ4v) is 1.85. The molecular weight excluding hydrogens is 330 g/mol. The summed E-state index contributed by atoms with van der Waals surface area (Å²) in [6.07, 6.45) is 0. The Balaban J connectivity index is 2.85. The predicted molar refractivity (Wildman–Crippen MR) is 55.9 cm³/mol. The molecule has 1 aromatic rings. The van der Waals surface area contributed by atoms with Gasteiger partial charge in [0.2, 0.25) is 0 Å². The van der Waals surface area contributed by atoms with Crippen LogP contribution in [-0.4, -0.2) is 13.9 Å². The van der Waals surface area contributed by atoms with Crippen LogP contribution in [0.15, 0.2) is 22.7 Å². The smallest absolute Gasteiger partial charge is 0.207 e. The number of halogens is 5. The zero-order valence-electron chi connectivity index (χ0n) is 8.05. The van der Waals surface area contributed by atoms with Crippen molar-refractivity contribution >= 4 is 26.0 Å². The minimum Gasteiger partial charge on any atom is -0.207 e. The highest BCUT2D eigenvalue weighted by Gasteiger charge is 2.45. The molecule has 0 spiro atoms. The van der Waals surface area contributed by atoms with Gasteiger partial charge in [-0.25, -0.2) is 17.5 Å². The van der Waals surface area contributed by atoms with Gasteiger partial charge in [-0.3, -0.25) is 0 Å². The molecule has 1 rings (SSSR count). The van der Waals surface area contributed by atoms with Gasteiger partial charge in [0.1, 0.15) is 5.82 Å². The predicted octanol–water partition coefficient (Wildman–Crippen LogP) is 2.53. The Hall–Kier alpha value is -0.670. The first-order valence-corrected chi connectivity index (χ1v) is 6.41. The first-order valence-electron chi connectivity index (χ1n) is 4.13. The van der Waals surface area contributed by atoms with E-state index in [1.165, 1.54) is 16.9 Å². The topological polar surface area (TPSA) is 46.2 Å². The number of sulfonamides is 1. The first kappa shape index (κ1) is 14.4. The van der Waals surface area contributed by atoms with Gasteiger partial charge in [-0.2, -0.15) is 13.2 Å². The van der Waals surface area contributed by atoms with Crippen LogP contribution in [0.3, 0.4) is 0 Å². The van der Waals surface area contributed by atoms with Crippen LogP contribution in [0.4, 0.5) is 17.6 Å². The van der Waals surface area contributed by atoms with E-state index in [1.54, 1.807) is 0 Å². The molecule has 1 aromatic carbocycles. The summed E-state index contributed by atoms with van der Waals surface area (Å²) in [4.78, 5) is 0. The summed E-state index contributed by atoms with van der Waals surface area (Å²) in [7, 11) is -5.46. The molecule has 9 heteroatoms. The second kappa shape index (κ2) is 4.91. The van der Waals surface area contributed by atoms with Crippen LogP contribution in [0.25, 0.3) is 0 Å². The van der Waals surface area contributed by atoms with Crippen molar-refractivity contribution in [2.24, 2.45) is 0 Å². The highest BCUT2D eigenvalue weighted by atomic mass is 79.9. The molecule has 0 bridgehead atoms. The lowest BCUT2D eigenvalue weighted by Crippen LogP contribution is -2.36. The van der Waals surface area contributed by atoms with Crippen LogP contribution in [0.1, 0.15) is 5.56 Å². The molecule has 0 radical (unpaired) electrons. The zero-order valence-corrected chi connectivity index (χ0v) is 10.5. The van der Waals surface area contributed by atoms with Crippen molar-refractivity contribution in [3.63, 3.8) is 0 Å². The van der Waals surface area contributed by atoms with Gasteiger partial charge >= 0.3 is 15.5 Å². The monoisotopic (exact) mass is 335 g/mol. The SMILES string of the molecule is O=S(=O)(NCc1cc(Br)ccc1F)C(F)(F)F. The van der Waals surface area contributed by atoms with Crippen LogP contribution < -0.4 is 4.72 Å². The zero-order chi connectivity index (χ0) is 13.3. The summed E-state index contributed by atoms with van der Waals surface area (Å²) in [6, 6.07) is 3.55. The van der Waals surface area contributed by atoms with Gasteiger partial charge in [0.15, 0.2) is 0 Å². The van der Waals surface area contributed by atoms with Crippen molar-refractivity contribution in [2.45, 2.75) is 12.1 Å². The molecule has 0 aliphatic rings. The fourth-order valence-electron chi connectivity index (χ4n) is 0.933. The average Bonchev–Trinajstić information content (AvgIpc) is 2.18. The fraction of sp³-hybridized carbons (Fsp3) is 0.250. The number of hydrogen-bond donors (Lipinski definition) is 1. The third-order valence-electron chi connectivity index (χ3n) is 1.77. The molecule has 0 amide bonds. The Morgan fingerprint density at radius 3 is 2.41 bits per heavy atom. The molecule has 0 aromatic heterocycles. The highest BCUT2D eigenvalue weighted by molar-refractivity contribution is 9.10. The summed E-state index contributed by atoms with van der Waals surface area (Å²) in [5.41, 5.74) is -5.60. The summed E-state index contributed by atoms with van der Waals surface area (Å²) < 4.78 is 72.0. The largest absolute Gasteiger partial charge is 0.511 e. The molecule has 0 aliphatic carbocycles. The number of nitrogens with one attached hydrogen (secondary N) is 1. The first-order chi connectivity index (χ1) is 7.63. The maximum absolute atomic E-state index is 13.1. The van der Waals surface area contributed by atoms with E-state index in [1.807, 2.05) is 0 Å². The van der Waals surface area contributed by atoms with Crippen molar-refractivity contribution in [2.75, 3.05) is 0 Å². The van der Waals surface area contributed by atoms with E-state index in [2.05, 4.69) is 15.9 Å². The normalized spacial score (nSPS) is 12.8. The Kier molecular flexibility index (Phi) is 4.15. The van der Waals surface area contributed by atoms with E-state index in [0.717, 1.165) is 6.07 Å². The van der Waals surface area contributed by atoms with Gasteiger partial charge in [-0.1, -0.05) is 15.9 Å². The second-order valence-corrected chi connectivity index (χ2v) is 5.68. The van der Waals surface area contributed by atoms with Crippen molar-refractivity contribution in [1.82, 2.24) is 4.72 Å². The summed E-state index contributed by atoms with van der Waals surface area (Å²) in [5.74, 6) is -0.793. The molecule has 0 heterocycles. The van der Waals surface area contributed by atoms with Crippen molar-refractivity contribution in [3.8, 4) is 0 Å². The van der Waals surface area contributed by atoms with Crippen molar-refractivity contribution in [1.29, 1.82) is 0 Å². The lowest BCUT2D eigenvalue weighted by atomic mass is 10.2. The molecule has 17 heavy (non-hydrogen) atoms. The van der Waals surface area contributed by atoms with E-state index >= 15 is 0 Å². The third-order valence-corrected chi connectivity index (χ3v) is 3.39. The van der Waals surface area contributed by atoms with Crippen LogP contribution in [0.2, 0.25) is 0 Å². The van der Waals surface area contributed by atoms with Gasteiger partial charge < -0.3 is 0 Å². The molecule has 0 saturated carbocycles. The van der Waals surface area contributed by atoms with E-state index < -0.39 is 27.9 Å². The maximum atomic E-state index is 13.1. The summed E-state index contributed by atoms with van der Waals surface area (Å²) in [6.45, 7) is -0.771. The van der Waals surface area contributed by atoms with Crippen LogP contribution >= 0.6 is 15.9 Å². The van der Waals surface area contributed by atoms with E-state index in [4.69, 9.17) is 0 Å². The van der Waals surface area contributed by atoms with Gasteiger partial charge in [0.25, 0.3) is 0 Å². The molecular formula is C8H6BrF4NO2S. The molecule has 96 valence electrons. The highest BCUT2D eigenvalue weighted by Crippen LogP contribution is 2.22. The molecule has 0 unspecified atom stereocenters. The van der Waals surface area contributed by atoms with E-state index in [9.17, 15) is 26.0 Å². The molecule has 0 fully saturated rings. The van der Waals surface area contributed by atoms with Crippen molar-refractivity contribution < 1.29 is 26.0 Å². The third kappa shape index (κ3) is 3.65. The lowest BCUT2D eigenvalue weighted by Gasteiger charge is -2.10. The van der Waals surface area contributed by atoms with Gasteiger partial charge in [0.05, 0.1) is 0 Å². The molecule has 3 nitrogen and oxygen atoms in total. The average molecular weight is 336 g/mol. The van der Waals surface area contributed by atoms with Crippen LogP contribution in [0, 0.1) is 5.82 Å². The second-order valence-electron chi connectivity index (χ2n) is 3.01. The van der Waals surface area contributed by atoms with Crippen LogP contribution in [-0.2, 0) is 16.6 Å². The quantitative estimate of drug-likeness (QED) is 0.863. The van der Waals surface area contributed by atoms with E-state index in [0.29, 0.717) is 4.47 Å². The molecule has 0 aliphatic heterocycles. The minimum absolute atomic E-state index is 0.188. The van der Waals surface area contributed by atoms with E-state index in [-0.39, 0.29) is 5.56 Å². The Bertz CT molecular complexity index is 515. The molecule has 0 saturated heterocycles. The Morgan fingerprint density at radius 1 is 1.29 bits per heavy atom. The number of hydrogen-bond acceptors (Lipinski definition) is 2. The molecule has 1 N–H and O–H groups in total. The van der Waals surface area contributed by atoms with Crippen molar-refractivity contribution in [3.05, 3.63) is 34.1 Å². The minimum atomic E-state index is -5.46. The summed E-state index contributed by atoms with van der Waals surface area (Å²) >= 11 is 2.99. The lowest BCUT2D eigenvalue weighted by molar-refractivity contribution is -0.0448. The molecule has 0 atom stereocenters. The summed E-state index contributed by atoms with van der Waals surface area (Å²) in [5, 5.41) is 0. The number of rotatable bonds is 3. The van der Waals surface area contributed by atoms with Crippen LogP contribution in [0.5, 0.6) is 0 Å². The van der Waals surface area contributed by atoms with Gasteiger partial charge in [0, 0.05) is 16.6 Å². The van der Waals surface area contributed by atoms with Gasteiger partial charge in [-0.05, 0) is 18.2 Å². The van der Waals surface area contributed by atoms with Gasteiger partial charge in [-0.15, -0.1) is 0 Å². The standard InChI is InChI=1S/C8H6BrF4NO2S/c9-6-1-2-7(10)5(3-6)4-14-17(15,16)8(11,12)13/h1-3,14H,4H2. The number of alkyl halides is 3. The Labute approximate surface area is 103 Å².